The third-order valence-corrected chi connectivity index (χ3v) is 4.27. The fourth-order valence-electron chi connectivity index (χ4n) is 2.89. The first-order chi connectivity index (χ1) is 7.17. The number of hydrogen-bond acceptors (Lipinski definition) is 1. The predicted octanol–water partition coefficient (Wildman–Crippen LogP) is 3.79. The second-order valence-corrected chi connectivity index (χ2v) is 5.50. The van der Waals surface area contributed by atoms with Crippen molar-refractivity contribution in [1.82, 2.24) is 4.90 Å². The van der Waals surface area contributed by atoms with Crippen molar-refractivity contribution in [3.63, 3.8) is 0 Å². The van der Waals surface area contributed by atoms with Crippen LogP contribution in [0.15, 0.2) is 0 Å². The Kier molecular flexibility index (Phi) is 5.66. The van der Waals surface area contributed by atoms with Gasteiger partial charge in [0.05, 0.1) is 0 Å². The second kappa shape index (κ2) is 6.52. The molecule has 0 aliphatic heterocycles. The van der Waals surface area contributed by atoms with Crippen LogP contribution in [0.3, 0.4) is 0 Å². The largest absolute Gasteiger partial charge is 0.304 e. The summed E-state index contributed by atoms with van der Waals surface area (Å²) in [5.74, 6) is 2.95. The fourth-order valence-corrected chi connectivity index (χ4v) is 2.89. The molecule has 0 saturated heterocycles. The molecule has 1 nitrogen and oxygen atoms in total. The van der Waals surface area contributed by atoms with Crippen molar-refractivity contribution < 1.29 is 0 Å². The van der Waals surface area contributed by atoms with Crippen molar-refractivity contribution in [1.29, 1.82) is 0 Å². The first-order valence-corrected chi connectivity index (χ1v) is 6.89. The molecule has 0 aromatic carbocycles. The van der Waals surface area contributed by atoms with Crippen molar-refractivity contribution in [3.8, 4) is 0 Å². The van der Waals surface area contributed by atoms with E-state index in [1.165, 1.54) is 45.3 Å². The molecule has 90 valence electrons. The molecule has 1 aliphatic rings. The summed E-state index contributed by atoms with van der Waals surface area (Å²) in [6.45, 7) is 13.1. The zero-order valence-corrected chi connectivity index (χ0v) is 11.1. The highest BCUT2D eigenvalue weighted by atomic mass is 15.1. The topological polar surface area (TPSA) is 3.24 Å². The first-order valence-electron chi connectivity index (χ1n) is 6.89. The fraction of sp³-hybridized carbons (Fsp3) is 1.00. The molecule has 1 heteroatoms. The van der Waals surface area contributed by atoms with Gasteiger partial charge in [-0.3, -0.25) is 0 Å². The van der Waals surface area contributed by atoms with Crippen molar-refractivity contribution in [2.75, 3.05) is 19.6 Å². The summed E-state index contributed by atoms with van der Waals surface area (Å²) in [7, 11) is 0. The summed E-state index contributed by atoms with van der Waals surface area (Å²) in [4.78, 5) is 2.56. The maximum absolute atomic E-state index is 2.56. The van der Waals surface area contributed by atoms with Crippen LogP contribution >= 0.6 is 0 Å². The van der Waals surface area contributed by atoms with Gasteiger partial charge in [-0.05, 0) is 56.7 Å². The maximum atomic E-state index is 2.56. The Hall–Kier alpha value is -0.0400. The van der Waals surface area contributed by atoms with Gasteiger partial charge in [-0.2, -0.15) is 0 Å². The van der Waals surface area contributed by atoms with E-state index < -0.39 is 0 Å². The lowest BCUT2D eigenvalue weighted by Gasteiger charge is -2.20. The monoisotopic (exact) mass is 211 g/mol. The Bertz CT molecular complexity index is 161. The zero-order chi connectivity index (χ0) is 11.3. The molecule has 0 spiro atoms. The molecule has 0 heterocycles. The molecule has 0 bridgehead atoms. The number of nitrogens with zero attached hydrogens (tertiary/aromatic N) is 1. The summed E-state index contributed by atoms with van der Waals surface area (Å²) >= 11 is 0. The van der Waals surface area contributed by atoms with E-state index in [-0.39, 0.29) is 0 Å². The molecular formula is C14H29N. The lowest BCUT2D eigenvalue weighted by molar-refractivity contribution is 0.271. The van der Waals surface area contributed by atoms with Gasteiger partial charge in [0.25, 0.3) is 0 Å². The Labute approximate surface area is 96.2 Å². The summed E-state index contributed by atoms with van der Waals surface area (Å²) in [6.07, 6.45) is 5.91. The zero-order valence-electron chi connectivity index (χ0n) is 11.1. The molecule has 1 rings (SSSR count). The molecule has 0 aromatic heterocycles. The highest BCUT2D eigenvalue weighted by Gasteiger charge is 2.26. The molecule has 0 aromatic rings. The van der Waals surface area contributed by atoms with E-state index in [0.717, 1.165) is 17.8 Å². The van der Waals surface area contributed by atoms with E-state index >= 15 is 0 Å². The smallest absolute Gasteiger partial charge is 0.00163 e. The minimum Gasteiger partial charge on any atom is -0.304 e. The summed E-state index contributed by atoms with van der Waals surface area (Å²) < 4.78 is 0. The summed E-state index contributed by atoms with van der Waals surface area (Å²) in [5, 5.41) is 0. The van der Waals surface area contributed by atoms with Crippen LogP contribution in [0.5, 0.6) is 0 Å². The Morgan fingerprint density at radius 1 is 1.13 bits per heavy atom. The normalized spacial score (nSPS) is 26.8. The van der Waals surface area contributed by atoms with Gasteiger partial charge in [0.15, 0.2) is 0 Å². The Morgan fingerprint density at radius 3 is 2.27 bits per heavy atom. The number of rotatable bonds is 6. The molecule has 0 amide bonds. The summed E-state index contributed by atoms with van der Waals surface area (Å²) in [5.41, 5.74) is 0. The molecule has 0 radical (unpaired) electrons. The molecule has 1 fully saturated rings. The highest BCUT2D eigenvalue weighted by Crippen LogP contribution is 2.37. The van der Waals surface area contributed by atoms with E-state index in [1.54, 1.807) is 0 Å². The van der Waals surface area contributed by atoms with E-state index in [2.05, 4.69) is 32.6 Å². The van der Waals surface area contributed by atoms with Gasteiger partial charge in [0.1, 0.15) is 0 Å². The second-order valence-electron chi connectivity index (χ2n) is 5.50. The quantitative estimate of drug-likeness (QED) is 0.646. The minimum absolute atomic E-state index is 0.906. The first kappa shape index (κ1) is 13.0. The van der Waals surface area contributed by atoms with Gasteiger partial charge in [0, 0.05) is 0 Å². The molecule has 1 saturated carbocycles. The van der Waals surface area contributed by atoms with Crippen molar-refractivity contribution >= 4 is 0 Å². The van der Waals surface area contributed by atoms with Gasteiger partial charge < -0.3 is 4.90 Å². The Morgan fingerprint density at radius 2 is 1.80 bits per heavy atom. The van der Waals surface area contributed by atoms with E-state index in [9.17, 15) is 0 Å². The molecule has 15 heavy (non-hydrogen) atoms. The molecule has 2 atom stereocenters. The van der Waals surface area contributed by atoms with Crippen LogP contribution < -0.4 is 0 Å². The van der Waals surface area contributed by atoms with Gasteiger partial charge in [-0.1, -0.05) is 34.1 Å². The third-order valence-electron chi connectivity index (χ3n) is 4.27. The van der Waals surface area contributed by atoms with Crippen LogP contribution in [0.25, 0.3) is 0 Å². The molecule has 1 aliphatic carbocycles. The van der Waals surface area contributed by atoms with E-state index in [1.807, 2.05) is 0 Å². The van der Waals surface area contributed by atoms with E-state index in [4.69, 9.17) is 0 Å². The van der Waals surface area contributed by atoms with Gasteiger partial charge in [0.2, 0.25) is 0 Å². The van der Waals surface area contributed by atoms with Crippen molar-refractivity contribution in [2.45, 2.75) is 53.4 Å². The summed E-state index contributed by atoms with van der Waals surface area (Å²) in [6, 6.07) is 0. The molecule has 2 unspecified atom stereocenters. The Balaban J connectivity index is 2.18. The average molecular weight is 211 g/mol. The van der Waals surface area contributed by atoms with Gasteiger partial charge in [-0.15, -0.1) is 0 Å². The molecular weight excluding hydrogens is 182 g/mol. The highest BCUT2D eigenvalue weighted by molar-refractivity contribution is 4.78. The van der Waals surface area contributed by atoms with Crippen molar-refractivity contribution in [2.24, 2.45) is 17.8 Å². The van der Waals surface area contributed by atoms with Crippen LogP contribution in [-0.2, 0) is 0 Å². The SMILES string of the molecule is CCN(CC)CCC1CCC(C(C)C)C1. The molecule has 0 N–H and O–H groups in total. The maximum Gasteiger partial charge on any atom is -0.00163 e. The minimum atomic E-state index is 0.906. The van der Waals surface area contributed by atoms with E-state index in [0.29, 0.717) is 0 Å². The predicted molar refractivity (Wildman–Crippen MR) is 68.1 cm³/mol. The average Bonchev–Trinajstić information content (AvgIpc) is 2.68. The van der Waals surface area contributed by atoms with Crippen molar-refractivity contribution in [3.05, 3.63) is 0 Å². The van der Waals surface area contributed by atoms with Gasteiger partial charge >= 0.3 is 0 Å². The van der Waals surface area contributed by atoms with Crippen LogP contribution in [0.4, 0.5) is 0 Å². The van der Waals surface area contributed by atoms with Gasteiger partial charge in [-0.25, -0.2) is 0 Å². The van der Waals surface area contributed by atoms with Crippen LogP contribution in [0, 0.1) is 17.8 Å². The lowest BCUT2D eigenvalue weighted by atomic mass is 9.92. The standard InChI is InChI=1S/C14H29N/c1-5-15(6-2)10-9-13-7-8-14(11-13)12(3)4/h12-14H,5-11H2,1-4H3. The van der Waals surface area contributed by atoms with Crippen LogP contribution in [-0.4, -0.2) is 24.5 Å². The third kappa shape index (κ3) is 4.14. The van der Waals surface area contributed by atoms with Crippen LogP contribution in [0.2, 0.25) is 0 Å². The number of hydrogen-bond donors (Lipinski definition) is 0. The lowest BCUT2D eigenvalue weighted by Crippen LogP contribution is -2.25. The van der Waals surface area contributed by atoms with Crippen LogP contribution in [0.1, 0.15) is 53.4 Å².